The third kappa shape index (κ3) is 2.44. The largest absolute Gasteiger partial charge is 0.446 e. The Balaban J connectivity index is 2.56. The van der Waals surface area contributed by atoms with E-state index in [4.69, 9.17) is 10.2 Å². The second kappa shape index (κ2) is 4.22. The fourth-order valence-corrected chi connectivity index (χ4v) is 0.740. The summed E-state index contributed by atoms with van der Waals surface area (Å²) in [7, 11) is 0. The van der Waals surface area contributed by atoms with E-state index < -0.39 is 5.91 Å². The molecule has 3 N–H and O–H groups in total. The number of oxazole rings is 1. The Morgan fingerprint density at radius 2 is 2.43 bits per heavy atom. The van der Waals surface area contributed by atoms with E-state index in [-0.39, 0.29) is 24.0 Å². The molecule has 0 atom stereocenters. The van der Waals surface area contributed by atoms with E-state index in [9.17, 15) is 9.59 Å². The molecule has 2 amide bonds. The fourth-order valence-electron chi connectivity index (χ4n) is 0.740. The third-order valence-electron chi connectivity index (χ3n) is 1.40. The van der Waals surface area contributed by atoms with E-state index in [2.05, 4.69) is 16.9 Å². The first kappa shape index (κ1) is 9.97. The van der Waals surface area contributed by atoms with E-state index in [1.165, 1.54) is 0 Å². The van der Waals surface area contributed by atoms with Crippen LogP contribution in [0.5, 0.6) is 0 Å². The van der Waals surface area contributed by atoms with Gasteiger partial charge in [-0.05, 0) is 6.08 Å². The molecular weight excluding hydrogens is 186 g/mol. The van der Waals surface area contributed by atoms with Gasteiger partial charge in [-0.25, -0.2) is 4.98 Å². The quantitative estimate of drug-likeness (QED) is 0.637. The lowest BCUT2D eigenvalue weighted by molar-refractivity contribution is -0.116. The van der Waals surface area contributed by atoms with Gasteiger partial charge >= 0.3 is 0 Å². The summed E-state index contributed by atoms with van der Waals surface area (Å²) in [6.07, 6.45) is 2.26. The standard InChI is InChI=1S/C8H9N3O3/c1-2-6(12)10-3-7-11-5(4-14-7)8(9)13/h2,4H,1,3H2,(H2,9,13)(H,10,12). The first-order valence-electron chi connectivity index (χ1n) is 3.78. The van der Waals surface area contributed by atoms with Crippen LogP contribution in [0.1, 0.15) is 16.4 Å². The molecule has 0 bridgehead atoms. The summed E-state index contributed by atoms with van der Waals surface area (Å²) in [5, 5.41) is 2.44. The molecule has 0 fully saturated rings. The van der Waals surface area contributed by atoms with Gasteiger partial charge < -0.3 is 15.5 Å². The first-order valence-corrected chi connectivity index (χ1v) is 3.78. The van der Waals surface area contributed by atoms with E-state index in [0.717, 1.165) is 12.3 Å². The third-order valence-corrected chi connectivity index (χ3v) is 1.40. The monoisotopic (exact) mass is 195 g/mol. The van der Waals surface area contributed by atoms with Crippen LogP contribution in [0.4, 0.5) is 0 Å². The van der Waals surface area contributed by atoms with Crippen LogP contribution >= 0.6 is 0 Å². The topological polar surface area (TPSA) is 98.2 Å². The van der Waals surface area contributed by atoms with Crippen LogP contribution < -0.4 is 11.1 Å². The summed E-state index contributed by atoms with van der Waals surface area (Å²) >= 11 is 0. The van der Waals surface area contributed by atoms with Crippen molar-refractivity contribution in [1.29, 1.82) is 0 Å². The number of hydrogen-bond acceptors (Lipinski definition) is 4. The Labute approximate surface area is 79.8 Å². The molecule has 1 aromatic rings. The number of rotatable bonds is 4. The molecular formula is C8H9N3O3. The van der Waals surface area contributed by atoms with Gasteiger partial charge in [-0.15, -0.1) is 0 Å². The highest BCUT2D eigenvalue weighted by atomic mass is 16.3. The number of primary amides is 1. The van der Waals surface area contributed by atoms with Crippen LogP contribution in [-0.2, 0) is 11.3 Å². The molecule has 6 nitrogen and oxygen atoms in total. The van der Waals surface area contributed by atoms with Crippen molar-refractivity contribution in [2.75, 3.05) is 0 Å². The lowest BCUT2D eigenvalue weighted by Gasteiger charge is -1.95. The van der Waals surface area contributed by atoms with Gasteiger partial charge in [-0.3, -0.25) is 9.59 Å². The number of carbonyl (C=O) groups excluding carboxylic acids is 2. The molecule has 0 aromatic carbocycles. The van der Waals surface area contributed by atoms with Gasteiger partial charge in [-0.1, -0.05) is 6.58 Å². The van der Waals surface area contributed by atoms with E-state index in [1.54, 1.807) is 0 Å². The molecule has 0 spiro atoms. The second-order valence-corrected chi connectivity index (χ2v) is 2.41. The van der Waals surface area contributed by atoms with Crippen LogP contribution in [0.3, 0.4) is 0 Å². The first-order chi connectivity index (χ1) is 6.63. The van der Waals surface area contributed by atoms with E-state index in [1.807, 2.05) is 0 Å². The SMILES string of the molecule is C=CC(=O)NCc1nc(C(N)=O)co1. The molecule has 0 radical (unpaired) electrons. The van der Waals surface area contributed by atoms with Crippen LogP contribution in [0.2, 0.25) is 0 Å². The van der Waals surface area contributed by atoms with Crippen molar-refractivity contribution in [2.24, 2.45) is 5.73 Å². The Hall–Kier alpha value is -2.11. The average Bonchev–Trinajstić information content (AvgIpc) is 2.62. The molecule has 0 aliphatic rings. The van der Waals surface area contributed by atoms with Crippen molar-refractivity contribution >= 4 is 11.8 Å². The molecule has 14 heavy (non-hydrogen) atoms. The molecule has 0 unspecified atom stereocenters. The Morgan fingerprint density at radius 3 is 2.93 bits per heavy atom. The number of carbonyl (C=O) groups is 2. The van der Waals surface area contributed by atoms with Gasteiger partial charge in [0.15, 0.2) is 5.69 Å². The van der Waals surface area contributed by atoms with Gasteiger partial charge in [0.1, 0.15) is 6.26 Å². The molecule has 6 heteroatoms. The normalized spacial score (nSPS) is 9.43. The summed E-state index contributed by atoms with van der Waals surface area (Å²) in [5.41, 5.74) is 4.98. The molecule has 0 aliphatic carbocycles. The highest BCUT2D eigenvalue weighted by Crippen LogP contribution is 2.00. The number of amides is 2. The predicted molar refractivity (Wildman–Crippen MR) is 47.1 cm³/mol. The zero-order valence-electron chi connectivity index (χ0n) is 7.32. The number of aromatic nitrogens is 1. The summed E-state index contributed by atoms with van der Waals surface area (Å²) in [4.78, 5) is 25.1. The zero-order chi connectivity index (χ0) is 10.6. The van der Waals surface area contributed by atoms with Crippen molar-refractivity contribution in [3.05, 3.63) is 30.5 Å². The van der Waals surface area contributed by atoms with Crippen LogP contribution in [0, 0.1) is 0 Å². The molecule has 0 saturated carbocycles. The Kier molecular flexibility index (Phi) is 3.01. The van der Waals surface area contributed by atoms with Crippen molar-refractivity contribution in [1.82, 2.24) is 10.3 Å². The van der Waals surface area contributed by atoms with E-state index >= 15 is 0 Å². The van der Waals surface area contributed by atoms with Gasteiger partial charge in [0.2, 0.25) is 11.8 Å². The summed E-state index contributed by atoms with van der Waals surface area (Å²) in [6.45, 7) is 3.36. The maximum Gasteiger partial charge on any atom is 0.270 e. The van der Waals surface area contributed by atoms with Gasteiger partial charge in [0, 0.05) is 0 Å². The lowest BCUT2D eigenvalue weighted by Crippen LogP contribution is -2.20. The molecule has 1 heterocycles. The van der Waals surface area contributed by atoms with Gasteiger partial charge in [0.05, 0.1) is 6.54 Å². The second-order valence-electron chi connectivity index (χ2n) is 2.41. The number of nitrogens with two attached hydrogens (primary N) is 1. The average molecular weight is 195 g/mol. The van der Waals surface area contributed by atoms with E-state index in [0.29, 0.717) is 0 Å². The zero-order valence-corrected chi connectivity index (χ0v) is 7.32. The number of hydrogen-bond donors (Lipinski definition) is 2. The maximum absolute atomic E-state index is 10.7. The number of nitrogens with one attached hydrogen (secondary N) is 1. The minimum Gasteiger partial charge on any atom is -0.446 e. The molecule has 74 valence electrons. The lowest BCUT2D eigenvalue weighted by atomic mass is 10.5. The molecule has 0 aliphatic heterocycles. The van der Waals surface area contributed by atoms with Crippen LogP contribution in [0.15, 0.2) is 23.3 Å². The minimum atomic E-state index is -0.671. The Morgan fingerprint density at radius 1 is 1.71 bits per heavy atom. The van der Waals surface area contributed by atoms with Crippen molar-refractivity contribution in [2.45, 2.75) is 6.54 Å². The van der Waals surface area contributed by atoms with Gasteiger partial charge in [-0.2, -0.15) is 0 Å². The predicted octanol–water partition coefficient (Wildman–Crippen LogP) is -0.424. The van der Waals surface area contributed by atoms with Crippen molar-refractivity contribution in [3.63, 3.8) is 0 Å². The Bertz CT molecular complexity index is 370. The smallest absolute Gasteiger partial charge is 0.270 e. The van der Waals surface area contributed by atoms with Crippen LogP contribution in [-0.4, -0.2) is 16.8 Å². The molecule has 1 rings (SSSR count). The van der Waals surface area contributed by atoms with Gasteiger partial charge in [0.25, 0.3) is 5.91 Å². The summed E-state index contributed by atoms with van der Waals surface area (Å²) in [5.74, 6) is -0.798. The highest BCUT2D eigenvalue weighted by Gasteiger charge is 2.08. The molecule has 0 saturated heterocycles. The fraction of sp³-hybridized carbons (Fsp3) is 0.125. The number of nitrogens with zero attached hydrogens (tertiary/aromatic N) is 1. The summed E-state index contributed by atoms with van der Waals surface area (Å²) < 4.78 is 4.86. The van der Waals surface area contributed by atoms with Crippen LogP contribution in [0.25, 0.3) is 0 Å². The minimum absolute atomic E-state index is 0.0350. The summed E-state index contributed by atoms with van der Waals surface area (Å²) in [6, 6.07) is 0. The maximum atomic E-state index is 10.7. The highest BCUT2D eigenvalue weighted by molar-refractivity contribution is 5.90. The van der Waals surface area contributed by atoms with Crippen molar-refractivity contribution in [3.8, 4) is 0 Å². The van der Waals surface area contributed by atoms with Crippen molar-refractivity contribution < 1.29 is 14.0 Å². The molecule has 1 aromatic heterocycles.